The van der Waals surface area contributed by atoms with Gasteiger partial charge in [0.25, 0.3) is 0 Å². The van der Waals surface area contributed by atoms with Crippen molar-refractivity contribution in [1.82, 2.24) is 4.98 Å². The molecule has 86 valence electrons. The number of hydrogen-bond donors (Lipinski definition) is 0. The van der Waals surface area contributed by atoms with Crippen LogP contribution >= 0.6 is 0 Å². The van der Waals surface area contributed by atoms with Crippen LogP contribution in [0.15, 0.2) is 30.3 Å². The second-order valence-electron chi connectivity index (χ2n) is 3.28. The van der Waals surface area contributed by atoms with Crippen LogP contribution in [-0.4, -0.2) is 11.3 Å². The maximum absolute atomic E-state index is 13.4. The minimum absolute atomic E-state index is 0.0935. The van der Waals surface area contributed by atoms with Gasteiger partial charge in [-0.1, -0.05) is 6.07 Å². The Hall–Kier alpha value is -2.17. The minimum atomic E-state index is -0.931. The predicted molar refractivity (Wildman–Crippen MR) is 54.9 cm³/mol. The third-order valence-corrected chi connectivity index (χ3v) is 2.19. The molecule has 0 saturated carbocycles. The van der Waals surface area contributed by atoms with Gasteiger partial charge in [0.2, 0.25) is 0 Å². The Labute approximate surface area is 94.7 Å². The van der Waals surface area contributed by atoms with Crippen molar-refractivity contribution in [2.75, 3.05) is 0 Å². The number of aldehydes is 1. The van der Waals surface area contributed by atoms with Gasteiger partial charge in [0.05, 0.1) is 5.56 Å². The summed E-state index contributed by atoms with van der Waals surface area (Å²) in [4.78, 5) is 14.1. The monoisotopic (exact) mass is 237 g/mol. The number of rotatable bonds is 2. The van der Waals surface area contributed by atoms with Gasteiger partial charge in [-0.25, -0.2) is 18.2 Å². The number of nitrogens with zero attached hydrogens (tertiary/aromatic N) is 1. The Bertz CT molecular complexity index is 564. The lowest BCUT2D eigenvalue weighted by atomic mass is 10.1. The summed E-state index contributed by atoms with van der Waals surface area (Å²) in [5, 5.41) is 0. The van der Waals surface area contributed by atoms with Gasteiger partial charge < -0.3 is 0 Å². The van der Waals surface area contributed by atoms with Gasteiger partial charge in [0.1, 0.15) is 28.8 Å². The van der Waals surface area contributed by atoms with E-state index in [4.69, 9.17) is 0 Å². The molecule has 1 aromatic heterocycles. The first-order valence-electron chi connectivity index (χ1n) is 4.69. The van der Waals surface area contributed by atoms with Crippen molar-refractivity contribution in [2.24, 2.45) is 0 Å². The molecule has 0 amide bonds. The minimum Gasteiger partial charge on any atom is -0.296 e. The summed E-state index contributed by atoms with van der Waals surface area (Å²) in [7, 11) is 0. The number of benzene rings is 1. The zero-order valence-electron chi connectivity index (χ0n) is 8.45. The Balaban J connectivity index is 2.71. The van der Waals surface area contributed by atoms with Crippen LogP contribution in [0.4, 0.5) is 13.2 Å². The van der Waals surface area contributed by atoms with Crippen LogP contribution in [0.2, 0.25) is 0 Å². The van der Waals surface area contributed by atoms with E-state index in [2.05, 4.69) is 4.98 Å². The highest BCUT2D eigenvalue weighted by molar-refractivity contribution is 5.74. The van der Waals surface area contributed by atoms with Crippen molar-refractivity contribution >= 4 is 6.29 Å². The first kappa shape index (κ1) is 11.3. The summed E-state index contributed by atoms with van der Waals surface area (Å²) in [5.41, 5.74) is -1.18. The standard InChI is InChI=1S/C12H6F3NO/c13-8-2-1-3-9(14)11(8)12-10(15)5-4-7(6-17)16-12/h1-6H. The Kier molecular flexibility index (Phi) is 2.91. The zero-order valence-corrected chi connectivity index (χ0v) is 8.45. The Morgan fingerprint density at radius 2 is 1.59 bits per heavy atom. The fourth-order valence-electron chi connectivity index (χ4n) is 1.42. The molecule has 0 unspecified atom stereocenters. The fourth-order valence-corrected chi connectivity index (χ4v) is 1.42. The molecule has 0 fully saturated rings. The maximum Gasteiger partial charge on any atom is 0.168 e. The van der Waals surface area contributed by atoms with Gasteiger partial charge in [-0.15, -0.1) is 0 Å². The van der Waals surface area contributed by atoms with Crippen LogP contribution in [0.1, 0.15) is 10.5 Å². The second-order valence-corrected chi connectivity index (χ2v) is 3.28. The Morgan fingerprint density at radius 1 is 0.941 bits per heavy atom. The molecule has 0 N–H and O–H groups in total. The number of carbonyl (C=O) groups excluding carboxylic acids is 1. The van der Waals surface area contributed by atoms with Crippen LogP contribution in [0.25, 0.3) is 11.3 Å². The SMILES string of the molecule is O=Cc1ccc(F)c(-c2c(F)cccc2F)n1. The van der Waals surface area contributed by atoms with Crippen molar-refractivity contribution < 1.29 is 18.0 Å². The maximum atomic E-state index is 13.4. The largest absolute Gasteiger partial charge is 0.296 e. The normalized spacial score (nSPS) is 10.3. The van der Waals surface area contributed by atoms with E-state index in [0.29, 0.717) is 6.29 Å². The number of hydrogen-bond acceptors (Lipinski definition) is 2. The van der Waals surface area contributed by atoms with Gasteiger partial charge in [-0.2, -0.15) is 0 Å². The number of carbonyl (C=O) groups is 1. The molecule has 0 aliphatic rings. The first-order valence-corrected chi connectivity index (χ1v) is 4.69. The molecule has 0 aliphatic carbocycles. The zero-order chi connectivity index (χ0) is 12.4. The molecule has 0 radical (unpaired) electrons. The highest BCUT2D eigenvalue weighted by Gasteiger charge is 2.16. The van der Waals surface area contributed by atoms with E-state index >= 15 is 0 Å². The molecular weight excluding hydrogens is 231 g/mol. The second kappa shape index (κ2) is 4.37. The molecule has 0 atom stereocenters. The van der Waals surface area contributed by atoms with Crippen molar-refractivity contribution in [3.05, 3.63) is 53.5 Å². The molecule has 0 saturated heterocycles. The highest BCUT2D eigenvalue weighted by Crippen LogP contribution is 2.26. The third kappa shape index (κ3) is 2.04. The quantitative estimate of drug-likeness (QED) is 0.751. The van der Waals surface area contributed by atoms with E-state index in [9.17, 15) is 18.0 Å². The van der Waals surface area contributed by atoms with Crippen molar-refractivity contribution in [3.8, 4) is 11.3 Å². The molecular formula is C12H6F3NO. The van der Waals surface area contributed by atoms with E-state index in [1.165, 1.54) is 0 Å². The number of aromatic nitrogens is 1. The van der Waals surface area contributed by atoms with Gasteiger partial charge in [-0.3, -0.25) is 4.79 Å². The summed E-state index contributed by atoms with van der Waals surface area (Å²) in [6.07, 6.45) is 0.377. The topological polar surface area (TPSA) is 30.0 Å². The van der Waals surface area contributed by atoms with Gasteiger partial charge in [0.15, 0.2) is 6.29 Å². The van der Waals surface area contributed by atoms with Gasteiger partial charge in [0, 0.05) is 0 Å². The lowest BCUT2D eigenvalue weighted by Crippen LogP contribution is -1.98. The molecule has 2 aromatic rings. The summed E-state index contributed by atoms with van der Waals surface area (Å²) >= 11 is 0. The molecule has 0 aliphatic heterocycles. The van der Waals surface area contributed by atoms with E-state index < -0.39 is 28.7 Å². The third-order valence-electron chi connectivity index (χ3n) is 2.19. The smallest absolute Gasteiger partial charge is 0.168 e. The summed E-state index contributed by atoms with van der Waals surface area (Å²) in [6, 6.07) is 5.22. The highest BCUT2D eigenvalue weighted by atomic mass is 19.1. The first-order chi connectivity index (χ1) is 8.13. The molecule has 1 aromatic carbocycles. The molecule has 0 bridgehead atoms. The molecule has 2 rings (SSSR count). The Morgan fingerprint density at radius 3 is 2.18 bits per heavy atom. The van der Waals surface area contributed by atoms with Crippen LogP contribution in [0.3, 0.4) is 0 Å². The van der Waals surface area contributed by atoms with Crippen molar-refractivity contribution in [1.29, 1.82) is 0 Å². The average Bonchev–Trinajstić information content (AvgIpc) is 2.31. The van der Waals surface area contributed by atoms with E-state index in [1.54, 1.807) is 0 Å². The summed E-state index contributed by atoms with van der Waals surface area (Å²) in [6.45, 7) is 0. The van der Waals surface area contributed by atoms with Crippen LogP contribution < -0.4 is 0 Å². The molecule has 2 nitrogen and oxygen atoms in total. The molecule has 17 heavy (non-hydrogen) atoms. The van der Waals surface area contributed by atoms with Gasteiger partial charge in [-0.05, 0) is 24.3 Å². The fraction of sp³-hybridized carbons (Fsp3) is 0. The molecule has 1 heterocycles. The van der Waals surface area contributed by atoms with Crippen LogP contribution in [0.5, 0.6) is 0 Å². The predicted octanol–water partition coefficient (Wildman–Crippen LogP) is 2.98. The molecule has 0 spiro atoms. The van der Waals surface area contributed by atoms with E-state index in [1.807, 2.05) is 0 Å². The number of pyridine rings is 1. The van der Waals surface area contributed by atoms with E-state index in [0.717, 1.165) is 30.3 Å². The number of halogens is 3. The van der Waals surface area contributed by atoms with Crippen LogP contribution in [-0.2, 0) is 0 Å². The van der Waals surface area contributed by atoms with Crippen molar-refractivity contribution in [2.45, 2.75) is 0 Å². The summed E-state index contributed by atoms with van der Waals surface area (Å²) < 4.78 is 40.3. The lowest BCUT2D eigenvalue weighted by Gasteiger charge is -2.05. The average molecular weight is 237 g/mol. The summed E-state index contributed by atoms with van der Waals surface area (Å²) in [5.74, 6) is -2.75. The van der Waals surface area contributed by atoms with Gasteiger partial charge >= 0.3 is 0 Å². The van der Waals surface area contributed by atoms with E-state index in [-0.39, 0.29) is 5.69 Å². The molecule has 5 heteroatoms. The van der Waals surface area contributed by atoms with Crippen molar-refractivity contribution in [3.63, 3.8) is 0 Å². The lowest BCUT2D eigenvalue weighted by molar-refractivity contribution is 0.111. The van der Waals surface area contributed by atoms with Crippen LogP contribution in [0, 0.1) is 17.5 Å².